The number of likely N-dealkylation sites (tertiary alicyclic amines) is 1. The summed E-state index contributed by atoms with van der Waals surface area (Å²) in [7, 11) is -3.22. The first-order chi connectivity index (χ1) is 10.2. The van der Waals surface area contributed by atoms with Crippen LogP contribution in [0.5, 0.6) is 0 Å². The van der Waals surface area contributed by atoms with Gasteiger partial charge in [-0.1, -0.05) is 19.1 Å². The third kappa shape index (κ3) is 4.08. The molecule has 0 aliphatic carbocycles. The molecular weight excluding hydrogens is 302 g/mol. The predicted molar refractivity (Wildman–Crippen MR) is 84.3 cm³/mol. The summed E-state index contributed by atoms with van der Waals surface area (Å²) in [4.78, 5) is 14.3. The molecule has 1 saturated heterocycles. The zero-order chi connectivity index (χ0) is 16.4. The Morgan fingerprint density at radius 1 is 1.32 bits per heavy atom. The molecule has 1 aromatic rings. The molecular formula is C16H23NO4S. The number of hydrogen-bond acceptors (Lipinski definition) is 4. The van der Waals surface area contributed by atoms with E-state index in [4.69, 9.17) is 0 Å². The van der Waals surface area contributed by atoms with Gasteiger partial charge in [0.25, 0.3) is 0 Å². The number of carbonyl (C=O) groups excluding carboxylic acids is 1. The molecule has 0 bridgehead atoms. The molecule has 22 heavy (non-hydrogen) atoms. The topological polar surface area (TPSA) is 74.7 Å². The van der Waals surface area contributed by atoms with Crippen LogP contribution in [0.1, 0.15) is 31.7 Å². The first kappa shape index (κ1) is 17.0. The number of benzene rings is 1. The van der Waals surface area contributed by atoms with E-state index in [9.17, 15) is 18.3 Å². The Kier molecular flexibility index (Phi) is 4.92. The summed E-state index contributed by atoms with van der Waals surface area (Å²) in [5.74, 6) is -0.0290. The lowest BCUT2D eigenvalue weighted by molar-refractivity contribution is -0.137. The first-order valence-corrected chi connectivity index (χ1v) is 9.42. The van der Waals surface area contributed by atoms with Gasteiger partial charge in [0.2, 0.25) is 5.91 Å². The van der Waals surface area contributed by atoms with Gasteiger partial charge in [-0.3, -0.25) is 4.79 Å². The van der Waals surface area contributed by atoms with Gasteiger partial charge in [0.1, 0.15) is 0 Å². The zero-order valence-corrected chi connectivity index (χ0v) is 13.9. The number of hydrogen-bond donors (Lipinski definition) is 1. The van der Waals surface area contributed by atoms with E-state index in [2.05, 4.69) is 0 Å². The van der Waals surface area contributed by atoms with Crippen molar-refractivity contribution in [2.45, 2.75) is 43.1 Å². The van der Waals surface area contributed by atoms with Gasteiger partial charge >= 0.3 is 0 Å². The van der Waals surface area contributed by atoms with Gasteiger partial charge in [0.05, 0.1) is 16.9 Å². The molecule has 1 atom stereocenters. The molecule has 0 radical (unpaired) electrons. The Balaban J connectivity index is 2.03. The molecule has 1 N–H and O–H groups in total. The van der Waals surface area contributed by atoms with Crippen LogP contribution in [0.15, 0.2) is 29.2 Å². The Bertz CT molecular complexity index is 639. The first-order valence-electron chi connectivity index (χ1n) is 7.53. The lowest BCUT2D eigenvalue weighted by atomic mass is 9.90. The minimum atomic E-state index is -3.22. The van der Waals surface area contributed by atoms with Crippen molar-refractivity contribution in [1.29, 1.82) is 0 Å². The molecule has 1 aliphatic heterocycles. The summed E-state index contributed by atoms with van der Waals surface area (Å²) in [6, 6.07) is 6.39. The van der Waals surface area contributed by atoms with Gasteiger partial charge in [0.15, 0.2) is 9.84 Å². The molecule has 1 fully saturated rings. The highest BCUT2D eigenvalue weighted by Gasteiger charge is 2.33. The number of sulfone groups is 1. The molecule has 1 amide bonds. The smallest absolute Gasteiger partial charge is 0.227 e. The number of rotatable bonds is 4. The van der Waals surface area contributed by atoms with Crippen molar-refractivity contribution in [1.82, 2.24) is 4.90 Å². The Morgan fingerprint density at radius 3 is 2.50 bits per heavy atom. The summed E-state index contributed by atoms with van der Waals surface area (Å²) in [6.45, 7) is 2.98. The van der Waals surface area contributed by atoms with E-state index < -0.39 is 15.4 Å². The van der Waals surface area contributed by atoms with Crippen molar-refractivity contribution in [3.63, 3.8) is 0 Å². The zero-order valence-electron chi connectivity index (χ0n) is 13.1. The van der Waals surface area contributed by atoms with Crippen LogP contribution < -0.4 is 0 Å². The van der Waals surface area contributed by atoms with Crippen LogP contribution in [-0.2, 0) is 21.1 Å². The van der Waals surface area contributed by atoms with Gasteiger partial charge in [0, 0.05) is 19.3 Å². The third-order valence-electron chi connectivity index (χ3n) is 4.27. The number of aliphatic hydroxyl groups is 1. The molecule has 1 heterocycles. The standard InChI is InChI=1S/C16H23NO4S/c1-3-16(19)9-4-10-17(12-16)15(18)11-13-5-7-14(8-6-13)22(2,20)21/h5-8,19H,3-4,9-12H2,1-2H3/t16-/m0/s1. The Morgan fingerprint density at radius 2 is 1.95 bits per heavy atom. The second-order valence-electron chi connectivity index (χ2n) is 6.09. The lowest BCUT2D eigenvalue weighted by Crippen LogP contribution is -2.50. The number of piperidine rings is 1. The van der Waals surface area contributed by atoms with Crippen LogP contribution in [-0.4, -0.2) is 49.3 Å². The quantitative estimate of drug-likeness (QED) is 0.908. The molecule has 5 nitrogen and oxygen atoms in total. The van der Waals surface area contributed by atoms with Crippen LogP contribution in [0.4, 0.5) is 0 Å². The number of β-amino-alcohol motifs (C(OH)–C–C–N with tert-alkyl or cyclic N) is 1. The van der Waals surface area contributed by atoms with Crippen LogP contribution in [0.25, 0.3) is 0 Å². The van der Waals surface area contributed by atoms with Gasteiger partial charge < -0.3 is 10.0 Å². The number of nitrogens with zero attached hydrogens (tertiary/aromatic N) is 1. The highest BCUT2D eigenvalue weighted by molar-refractivity contribution is 7.90. The van der Waals surface area contributed by atoms with Crippen molar-refractivity contribution in [3.05, 3.63) is 29.8 Å². The van der Waals surface area contributed by atoms with Crippen LogP contribution in [0, 0.1) is 0 Å². The lowest BCUT2D eigenvalue weighted by Gasteiger charge is -2.38. The maximum absolute atomic E-state index is 12.3. The molecule has 0 saturated carbocycles. The van der Waals surface area contributed by atoms with Crippen LogP contribution in [0.3, 0.4) is 0 Å². The van der Waals surface area contributed by atoms with E-state index in [1.165, 1.54) is 12.1 Å². The van der Waals surface area contributed by atoms with Gasteiger partial charge in [-0.2, -0.15) is 0 Å². The predicted octanol–water partition coefficient (Wildman–Crippen LogP) is 1.40. The van der Waals surface area contributed by atoms with Crippen LogP contribution >= 0.6 is 0 Å². The maximum Gasteiger partial charge on any atom is 0.227 e. The highest BCUT2D eigenvalue weighted by atomic mass is 32.2. The maximum atomic E-state index is 12.3. The van der Waals surface area contributed by atoms with Crippen molar-refractivity contribution in [3.8, 4) is 0 Å². The van der Waals surface area contributed by atoms with E-state index in [0.717, 1.165) is 24.7 Å². The monoisotopic (exact) mass is 325 g/mol. The minimum absolute atomic E-state index is 0.0290. The second-order valence-corrected chi connectivity index (χ2v) is 8.11. The van der Waals surface area contributed by atoms with E-state index >= 15 is 0 Å². The normalized spacial score (nSPS) is 22.6. The second kappa shape index (κ2) is 6.38. The van der Waals surface area contributed by atoms with E-state index in [0.29, 0.717) is 19.5 Å². The Hall–Kier alpha value is -1.40. The fourth-order valence-electron chi connectivity index (χ4n) is 2.75. The fourth-order valence-corrected chi connectivity index (χ4v) is 3.39. The minimum Gasteiger partial charge on any atom is -0.388 e. The van der Waals surface area contributed by atoms with Crippen molar-refractivity contribution in [2.24, 2.45) is 0 Å². The fraction of sp³-hybridized carbons (Fsp3) is 0.562. The molecule has 1 aromatic carbocycles. The van der Waals surface area contributed by atoms with E-state index in [1.807, 2.05) is 6.92 Å². The summed E-state index contributed by atoms with van der Waals surface area (Å²) >= 11 is 0. The average Bonchev–Trinajstić information content (AvgIpc) is 2.47. The van der Waals surface area contributed by atoms with Crippen LogP contribution in [0.2, 0.25) is 0 Å². The van der Waals surface area contributed by atoms with E-state index in [-0.39, 0.29) is 17.2 Å². The third-order valence-corrected chi connectivity index (χ3v) is 5.40. The largest absolute Gasteiger partial charge is 0.388 e. The SMILES string of the molecule is CC[C@]1(O)CCCN(C(=O)Cc2ccc(S(C)(=O)=O)cc2)C1. The molecule has 6 heteroatoms. The van der Waals surface area contributed by atoms with E-state index in [1.54, 1.807) is 17.0 Å². The Labute approximate surface area is 131 Å². The van der Waals surface area contributed by atoms with Gasteiger partial charge in [-0.15, -0.1) is 0 Å². The average molecular weight is 325 g/mol. The summed E-state index contributed by atoms with van der Waals surface area (Å²) in [6.07, 6.45) is 3.57. The van der Waals surface area contributed by atoms with Gasteiger partial charge in [-0.25, -0.2) is 8.42 Å². The highest BCUT2D eigenvalue weighted by Crippen LogP contribution is 2.24. The number of amides is 1. The summed E-state index contributed by atoms with van der Waals surface area (Å²) in [5.41, 5.74) is 0.0108. The number of carbonyl (C=O) groups is 1. The molecule has 0 unspecified atom stereocenters. The van der Waals surface area contributed by atoms with Crippen molar-refractivity contribution < 1.29 is 18.3 Å². The van der Waals surface area contributed by atoms with Gasteiger partial charge in [-0.05, 0) is 37.0 Å². The molecule has 0 spiro atoms. The summed E-state index contributed by atoms with van der Waals surface area (Å²) in [5, 5.41) is 10.3. The molecule has 122 valence electrons. The van der Waals surface area contributed by atoms with Crippen molar-refractivity contribution >= 4 is 15.7 Å². The molecule has 1 aliphatic rings. The van der Waals surface area contributed by atoms with Crippen molar-refractivity contribution in [2.75, 3.05) is 19.3 Å². The molecule has 2 rings (SSSR count). The summed E-state index contributed by atoms with van der Waals surface area (Å²) < 4.78 is 22.8. The molecule has 0 aromatic heterocycles.